The molecule has 1 aliphatic rings. The fourth-order valence-corrected chi connectivity index (χ4v) is 2.28. The number of hydrogen-bond acceptors (Lipinski definition) is 3. The molecule has 0 spiro atoms. The van der Waals surface area contributed by atoms with Gasteiger partial charge in [-0.25, -0.2) is 14.2 Å². The van der Waals surface area contributed by atoms with Gasteiger partial charge in [-0.2, -0.15) is 0 Å². The summed E-state index contributed by atoms with van der Waals surface area (Å²) < 4.78 is 18.4. The monoisotopic (exact) mass is 335 g/mol. The lowest BCUT2D eigenvalue weighted by molar-refractivity contribution is 0.0413. The van der Waals surface area contributed by atoms with Gasteiger partial charge in [0.15, 0.2) is 0 Å². The zero-order chi connectivity index (χ0) is 16.2. The third kappa shape index (κ3) is 4.10. The average molecular weight is 336 g/mol. The highest BCUT2D eigenvalue weighted by Gasteiger charge is 2.32. The maximum Gasteiger partial charge on any atom is 0.317 e. The summed E-state index contributed by atoms with van der Waals surface area (Å²) in [5.74, 6) is 0.199. The van der Waals surface area contributed by atoms with Crippen molar-refractivity contribution in [2.24, 2.45) is 0 Å². The van der Waals surface area contributed by atoms with Crippen LogP contribution in [0.5, 0.6) is 5.88 Å². The molecule has 1 aromatic heterocycles. The van der Waals surface area contributed by atoms with Crippen LogP contribution in [0.2, 0.25) is 5.02 Å². The van der Waals surface area contributed by atoms with Crippen LogP contribution in [0.25, 0.3) is 0 Å². The van der Waals surface area contributed by atoms with Crippen LogP contribution >= 0.6 is 11.6 Å². The van der Waals surface area contributed by atoms with E-state index in [2.05, 4.69) is 10.3 Å². The van der Waals surface area contributed by atoms with Crippen LogP contribution < -0.4 is 10.1 Å². The molecule has 1 saturated heterocycles. The maximum atomic E-state index is 12.8. The second kappa shape index (κ2) is 6.83. The van der Waals surface area contributed by atoms with Crippen LogP contribution in [0.1, 0.15) is 5.56 Å². The van der Waals surface area contributed by atoms with E-state index < -0.39 is 0 Å². The molecule has 5 nitrogen and oxygen atoms in total. The van der Waals surface area contributed by atoms with Crippen molar-refractivity contribution in [1.29, 1.82) is 0 Å². The lowest BCUT2D eigenvalue weighted by Crippen LogP contribution is -2.58. The normalized spacial score (nSPS) is 14.3. The molecule has 0 bridgehead atoms. The summed E-state index contributed by atoms with van der Waals surface area (Å²) >= 11 is 5.75. The first-order valence-corrected chi connectivity index (χ1v) is 7.53. The summed E-state index contributed by atoms with van der Waals surface area (Å²) in [4.78, 5) is 17.7. The molecule has 1 N–H and O–H groups in total. The Morgan fingerprint density at radius 1 is 1.30 bits per heavy atom. The predicted octanol–water partition coefficient (Wildman–Crippen LogP) is 2.85. The zero-order valence-corrected chi connectivity index (χ0v) is 13.0. The number of likely N-dealkylation sites (tertiary alicyclic amines) is 1. The van der Waals surface area contributed by atoms with Crippen molar-refractivity contribution in [3.05, 3.63) is 59.0 Å². The predicted molar refractivity (Wildman–Crippen MR) is 83.9 cm³/mol. The Morgan fingerprint density at radius 2 is 2.04 bits per heavy atom. The summed E-state index contributed by atoms with van der Waals surface area (Å²) in [5.41, 5.74) is 0.846. The van der Waals surface area contributed by atoms with Gasteiger partial charge in [-0.1, -0.05) is 23.7 Å². The number of nitrogens with one attached hydrogen (secondary N) is 1. The number of urea groups is 1. The molecular weight excluding hydrogens is 321 g/mol. The lowest BCUT2D eigenvalue weighted by Gasteiger charge is -2.38. The van der Waals surface area contributed by atoms with Crippen molar-refractivity contribution in [1.82, 2.24) is 15.2 Å². The van der Waals surface area contributed by atoms with Crippen molar-refractivity contribution >= 4 is 17.6 Å². The van der Waals surface area contributed by atoms with Crippen molar-refractivity contribution in [2.75, 3.05) is 13.1 Å². The first-order chi connectivity index (χ1) is 11.1. The minimum absolute atomic E-state index is 0.0692. The Bertz CT molecular complexity index is 673. The largest absolute Gasteiger partial charge is 0.471 e. The molecule has 23 heavy (non-hydrogen) atoms. The smallest absolute Gasteiger partial charge is 0.317 e. The molecule has 3 rings (SSSR count). The summed E-state index contributed by atoms with van der Waals surface area (Å²) in [7, 11) is 0. The molecule has 0 radical (unpaired) electrons. The third-order valence-corrected chi connectivity index (χ3v) is 3.70. The molecule has 0 atom stereocenters. The summed E-state index contributed by atoms with van der Waals surface area (Å²) in [6, 6.07) is 9.25. The van der Waals surface area contributed by atoms with Gasteiger partial charge in [0, 0.05) is 18.8 Å². The van der Waals surface area contributed by atoms with E-state index in [1.807, 2.05) is 0 Å². The number of aromatic nitrogens is 1. The van der Waals surface area contributed by atoms with Crippen molar-refractivity contribution in [3.8, 4) is 5.88 Å². The van der Waals surface area contributed by atoms with Gasteiger partial charge >= 0.3 is 6.03 Å². The SMILES string of the molecule is O=C(NCc1ccc(F)cc1)N1CC(Oc2ccc(Cl)cn2)C1. The number of nitrogens with zero attached hydrogens (tertiary/aromatic N) is 2. The summed E-state index contributed by atoms with van der Waals surface area (Å²) in [5, 5.41) is 3.34. The lowest BCUT2D eigenvalue weighted by atomic mass is 10.2. The molecule has 1 aliphatic heterocycles. The second-order valence-corrected chi connectivity index (χ2v) is 5.68. The molecule has 2 amide bonds. The molecule has 2 aromatic rings. The van der Waals surface area contributed by atoms with Gasteiger partial charge in [0.2, 0.25) is 5.88 Å². The van der Waals surface area contributed by atoms with E-state index >= 15 is 0 Å². The number of pyridine rings is 1. The number of amides is 2. The Morgan fingerprint density at radius 3 is 2.70 bits per heavy atom. The van der Waals surface area contributed by atoms with E-state index in [9.17, 15) is 9.18 Å². The second-order valence-electron chi connectivity index (χ2n) is 5.24. The van der Waals surface area contributed by atoms with Crippen molar-refractivity contribution in [3.63, 3.8) is 0 Å². The number of rotatable bonds is 4. The number of ether oxygens (including phenoxy) is 1. The molecule has 7 heteroatoms. The number of benzene rings is 1. The molecule has 1 aromatic carbocycles. The molecule has 1 fully saturated rings. The minimum Gasteiger partial charge on any atom is -0.471 e. The minimum atomic E-state index is -0.293. The quantitative estimate of drug-likeness (QED) is 0.934. The van der Waals surface area contributed by atoms with E-state index in [4.69, 9.17) is 16.3 Å². The molecule has 0 saturated carbocycles. The fraction of sp³-hybridized carbons (Fsp3) is 0.250. The number of carbonyl (C=O) groups is 1. The van der Waals surface area contributed by atoms with E-state index in [1.165, 1.54) is 18.3 Å². The van der Waals surface area contributed by atoms with Crippen LogP contribution in [-0.2, 0) is 6.54 Å². The van der Waals surface area contributed by atoms with E-state index in [0.29, 0.717) is 30.5 Å². The third-order valence-electron chi connectivity index (χ3n) is 3.48. The van der Waals surface area contributed by atoms with Crippen molar-refractivity contribution in [2.45, 2.75) is 12.6 Å². The van der Waals surface area contributed by atoms with E-state index in [1.54, 1.807) is 29.2 Å². The highest BCUT2D eigenvalue weighted by Crippen LogP contribution is 2.17. The number of hydrogen-bond donors (Lipinski definition) is 1. The molecule has 120 valence electrons. The number of carbonyl (C=O) groups excluding carboxylic acids is 1. The van der Waals surface area contributed by atoms with Crippen LogP contribution in [0.4, 0.5) is 9.18 Å². The molecule has 0 aliphatic carbocycles. The average Bonchev–Trinajstić information content (AvgIpc) is 2.51. The standard InChI is InChI=1S/C16H15ClFN3O2/c17-12-3-6-15(19-8-12)23-14-9-21(10-14)16(22)20-7-11-1-4-13(18)5-2-11/h1-6,8,14H,7,9-10H2,(H,20,22). The van der Waals surface area contributed by atoms with E-state index in [-0.39, 0.29) is 18.0 Å². The highest BCUT2D eigenvalue weighted by molar-refractivity contribution is 6.30. The van der Waals surface area contributed by atoms with Gasteiger partial charge in [-0.05, 0) is 23.8 Å². The molecule has 2 heterocycles. The van der Waals surface area contributed by atoms with Gasteiger partial charge in [0.25, 0.3) is 0 Å². The molecule has 0 unspecified atom stereocenters. The van der Waals surface area contributed by atoms with Gasteiger partial charge in [-0.15, -0.1) is 0 Å². The van der Waals surface area contributed by atoms with Crippen LogP contribution in [0, 0.1) is 5.82 Å². The van der Waals surface area contributed by atoms with Gasteiger partial charge in [-0.3, -0.25) is 0 Å². The Kier molecular flexibility index (Phi) is 4.62. The van der Waals surface area contributed by atoms with Crippen LogP contribution in [-0.4, -0.2) is 35.1 Å². The Hall–Kier alpha value is -2.34. The highest BCUT2D eigenvalue weighted by atomic mass is 35.5. The molecular formula is C16H15ClFN3O2. The van der Waals surface area contributed by atoms with Gasteiger partial charge in [0.05, 0.1) is 18.1 Å². The van der Waals surface area contributed by atoms with Crippen LogP contribution in [0.3, 0.4) is 0 Å². The van der Waals surface area contributed by atoms with Gasteiger partial charge in [0.1, 0.15) is 11.9 Å². The first-order valence-electron chi connectivity index (χ1n) is 7.15. The summed E-state index contributed by atoms with van der Waals surface area (Å²) in [6.07, 6.45) is 1.45. The summed E-state index contributed by atoms with van der Waals surface area (Å²) in [6.45, 7) is 1.36. The van der Waals surface area contributed by atoms with E-state index in [0.717, 1.165) is 5.56 Å². The van der Waals surface area contributed by atoms with Crippen LogP contribution in [0.15, 0.2) is 42.6 Å². The maximum absolute atomic E-state index is 12.8. The fourth-order valence-electron chi connectivity index (χ4n) is 2.17. The van der Waals surface area contributed by atoms with Gasteiger partial charge < -0.3 is 15.0 Å². The van der Waals surface area contributed by atoms with Crippen molar-refractivity contribution < 1.29 is 13.9 Å². The number of halogens is 2. The Labute approximate surface area is 138 Å². The first kappa shape index (κ1) is 15.6. The zero-order valence-electron chi connectivity index (χ0n) is 12.2. The Balaban J connectivity index is 1.41. The topological polar surface area (TPSA) is 54.5 Å².